The topological polar surface area (TPSA) is 53.1 Å². The summed E-state index contributed by atoms with van der Waals surface area (Å²) >= 11 is 0. The number of rotatable bonds is 9. The van der Waals surface area contributed by atoms with E-state index in [4.69, 9.17) is 9.97 Å². The van der Waals surface area contributed by atoms with Crippen molar-refractivity contribution in [3.8, 4) is 0 Å². The van der Waals surface area contributed by atoms with Gasteiger partial charge in [-0.3, -0.25) is 4.98 Å². The van der Waals surface area contributed by atoms with Crippen molar-refractivity contribution in [2.24, 2.45) is 0 Å². The van der Waals surface area contributed by atoms with Crippen LogP contribution in [0.15, 0.2) is 55.3 Å². The lowest BCUT2D eigenvalue weighted by Crippen LogP contribution is -2.24. The number of anilines is 3. The lowest BCUT2D eigenvalue weighted by molar-refractivity contribution is 0.743. The molecule has 0 atom stereocenters. The van der Waals surface area contributed by atoms with Crippen molar-refractivity contribution in [3.63, 3.8) is 0 Å². The first kappa shape index (κ1) is 28.0. The fourth-order valence-corrected chi connectivity index (χ4v) is 4.94. The number of nitrogens with one attached hydrogen (secondary N) is 2. The molecule has 0 saturated heterocycles. The Morgan fingerprint density at radius 2 is 1.73 bits per heavy atom. The van der Waals surface area contributed by atoms with Gasteiger partial charge in [0.05, 0.1) is 11.9 Å². The zero-order chi connectivity index (χ0) is 26.9. The Hall–Kier alpha value is -3.60. The van der Waals surface area contributed by atoms with Crippen molar-refractivity contribution in [2.75, 3.05) is 23.3 Å². The van der Waals surface area contributed by atoms with E-state index in [1.54, 1.807) is 0 Å². The van der Waals surface area contributed by atoms with E-state index in [-0.39, 0.29) is 0 Å². The number of aromatic nitrogens is 2. The monoisotopic (exact) mass is 497 g/mol. The molecule has 0 saturated carbocycles. The standard InChI is InChI=1S/C30H37N5.C2H6/c1-7-16-35(17-8-2)23-11-15-29(32-18-23)34-28-14-13-26(27-19-31-22(6)30(27)28)24(9-3)25-12-10-20(4)33-21(25)5;1-2/h9-15,18,31H,6-8,16-17,19H2,1-5H3,(H,32,34);1-2H3/b24-9+;. The maximum absolute atomic E-state index is 4.73. The van der Waals surface area contributed by atoms with Gasteiger partial charge in [0.1, 0.15) is 5.82 Å². The molecule has 2 N–H and O–H groups in total. The summed E-state index contributed by atoms with van der Waals surface area (Å²) in [6, 6.07) is 12.8. The van der Waals surface area contributed by atoms with Crippen molar-refractivity contribution in [1.82, 2.24) is 15.3 Å². The quantitative estimate of drug-likeness (QED) is 0.313. The first-order valence-electron chi connectivity index (χ1n) is 13.6. The molecule has 0 bridgehead atoms. The van der Waals surface area contributed by atoms with Crippen molar-refractivity contribution in [3.05, 3.63) is 88.9 Å². The van der Waals surface area contributed by atoms with E-state index in [1.165, 1.54) is 28.0 Å². The first-order chi connectivity index (χ1) is 18.0. The second-order valence-electron chi connectivity index (χ2n) is 9.15. The minimum atomic E-state index is 0.754. The van der Waals surface area contributed by atoms with Gasteiger partial charge in [-0.1, -0.05) is 52.5 Å². The highest BCUT2D eigenvalue weighted by molar-refractivity contribution is 5.90. The molecule has 0 spiro atoms. The van der Waals surface area contributed by atoms with E-state index >= 15 is 0 Å². The van der Waals surface area contributed by atoms with Crippen molar-refractivity contribution in [1.29, 1.82) is 0 Å². The van der Waals surface area contributed by atoms with Crippen LogP contribution in [0.3, 0.4) is 0 Å². The maximum Gasteiger partial charge on any atom is 0.130 e. The lowest BCUT2D eigenvalue weighted by Gasteiger charge is -2.23. The van der Waals surface area contributed by atoms with Gasteiger partial charge < -0.3 is 15.5 Å². The lowest BCUT2D eigenvalue weighted by atomic mass is 9.90. The maximum atomic E-state index is 4.73. The highest BCUT2D eigenvalue weighted by Crippen LogP contribution is 2.39. The molecule has 5 heteroatoms. The summed E-state index contributed by atoms with van der Waals surface area (Å²) in [5.41, 5.74) is 11.2. The van der Waals surface area contributed by atoms with Gasteiger partial charge in [-0.15, -0.1) is 0 Å². The molecule has 0 unspecified atom stereocenters. The van der Waals surface area contributed by atoms with E-state index in [9.17, 15) is 0 Å². The van der Waals surface area contributed by atoms with Crippen LogP contribution in [0.5, 0.6) is 0 Å². The van der Waals surface area contributed by atoms with Gasteiger partial charge in [-0.05, 0) is 74.6 Å². The third-order valence-corrected chi connectivity index (χ3v) is 6.55. The Balaban J connectivity index is 0.00000186. The number of pyridine rings is 2. The molecule has 1 aliphatic heterocycles. The summed E-state index contributed by atoms with van der Waals surface area (Å²) in [5.74, 6) is 0.834. The smallest absolute Gasteiger partial charge is 0.130 e. The number of hydrogen-bond donors (Lipinski definition) is 2. The van der Waals surface area contributed by atoms with Crippen LogP contribution in [0.1, 0.15) is 81.1 Å². The van der Waals surface area contributed by atoms with Gasteiger partial charge in [0, 0.05) is 53.5 Å². The molecule has 4 rings (SSSR count). The van der Waals surface area contributed by atoms with E-state index in [0.717, 1.165) is 66.6 Å². The molecule has 37 heavy (non-hydrogen) atoms. The van der Waals surface area contributed by atoms with Crippen molar-refractivity contribution < 1.29 is 0 Å². The second-order valence-corrected chi connectivity index (χ2v) is 9.15. The highest BCUT2D eigenvalue weighted by Gasteiger charge is 2.24. The molecule has 3 heterocycles. The predicted octanol–water partition coefficient (Wildman–Crippen LogP) is 8.02. The third kappa shape index (κ3) is 6.22. The zero-order valence-corrected chi connectivity index (χ0v) is 23.7. The second kappa shape index (κ2) is 13.1. The van der Waals surface area contributed by atoms with Gasteiger partial charge in [-0.25, -0.2) is 4.98 Å². The van der Waals surface area contributed by atoms with E-state index in [2.05, 4.69) is 92.3 Å². The molecule has 196 valence electrons. The van der Waals surface area contributed by atoms with Crippen LogP contribution >= 0.6 is 0 Å². The number of fused-ring (bicyclic) bond motifs is 1. The van der Waals surface area contributed by atoms with Crippen LogP contribution in [0.4, 0.5) is 17.2 Å². The van der Waals surface area contributed by atoms with E-state index in [0.29, 0.717) is 0 Å². The summed E-state index contributed by atoms with van der Waals surface area (Å²) in [7, 11) is 0. The van der Waals surface area contributed by atoms with Crippen LogP contribution in [0, 0.1) is 13.8 Å². The Morgan fingerprint density at radius 3 is 2.32 bits per heavy atom. The highest BCUT2D eigenvalue weighted by atomic mass is 15.1. The number of nitrogens with zero attached hydrogens (tertiary/aromatic N) is 3. The zero-order valence-electron chi connectivity index (χ0n) is 23.7. The normalized spacial score (nSPS) is 12.4. The third-order valence-electron chi connectivity index (χ3n) is 6.55. The first-order valence-corrected chi connectivity index (χ1v) is 13.6. The fourth-order valence-electron chi connectivity index (χ4n) is 4.94. The van der Waals surface area contributed by atoms with Gasteiger partial charge in [-0.2, -0.15) is 0 Å². The molecule has 0 aliphatic carbocycles. The van der Waals surface area contributed by atoms with Gasteiger partial charge in [0.25, 0.3) is 0 Å². The number of benzene rings is 1. The Morgan fingerprint density at radius 1 is 1.03 bits per heavy atom. The predicted molar refractivity (Wildman–Crippen MR) is 160 cm³/mol. The average Bonchev–Trinajstić information content (AvgIpc) is 3.30. The number of aryl methyl sites for hydroxylation is 2. The number of hydrogen-bond acceptors (Lipinski definition) is 5. The fraction of sp³-hybridized carbons (Fsp3) is 0.375. The largest absolute Gasteiger partial charge is 0.381 e. The summed E-state index contributed by atoms with van der Waals surface area (Å²) in [4.78, 5) is 11.8. The summed E-state index contributed by atoms with van der Waals surface area (Å²) in [6.07, 6.45) is 6.40. The molecule has 1 aliphatic rings. The van der Waals surface area contributed by atoms with Crippen molar-refractivity contribution >= 4 is 28.5 Å². The van der Waals surface area contributed by atoms with Gasteiger partial charge >= 0.3 is 0 Å². The summed E-state index contributed by atoms with van der Waals surface area (Å²) in [6.45, 7) is 21.8. The Kier molecular flexibility index (Phi) is 9.90. The SMILES string of the molecule is C=C1NCc2c(/C(=C/C)c3ccc(C)nc3C)ccc(Nc3ccc(N(CCC)CCC)cn3)c21.CC. The Labute approximate surface area is 223 Å². The molecule has 5 nitrogen and oxygen atoms in total. The summed E-state index contributed by atoms with van der Waals surface area (Å²) < 4.78 is 0. The van der Waals surface area contributed by atoms with Crippen LogP contribution in [0.2, 0.25) is 0 Å². The molecule has 1 aromatic carbocycles. The molecular weight excluding hydrogens is 454 g/mol. The molecule has 3 aromatic rings. The summed E-state index contributed by atoms with van der Waals surface area (Å²) in [5, 5.41) is 7.00. The average molecular weight is 498 g/mol. The van der Waals surface area contributed by atoms with Gasteiger partial charge in [0.2, 0.25) is 0 Å². The molecule has 0 fully saturated rings. The van der Waals surface area contributed by atoms with Gasteiger partial charge in [0.15, 0.2) is 0 Å². The van der Waals surface area contributed by atoms with Crippen LogP contribution in [-0.2, 0) is 6.54 Å². The number of allylic oxidation sites excluding steroid dienone is 1. The van der Waals surface area contributed by atoms with E-state index < -0.39 is 0 Å². The molecule has 2 aromatic heterocycles. The van der Waals surface area contributed by atoms with Crippen LogP contribution in [-0.4, -0.2) is 23.1 Å². The minimum absolute atomic E-state index is 0.754. The van der Waals surface area contributed by atoms with Crippen molar-refractivity contribution in [2.45, 2.75) is 67.9 Å². The molecular formula is C32H43N5. The van der Waals surface area contributed by atoms with Crippen LogP contribution in [0.25, 0.3) is 11.3 Å². The van der Waals surface area contributed by atoms with E-state index in [1.807, 2.05) is 27.0 Å². The molecule has 0 amide bonds. The molecule has 0 radical (unpaired) electrons. The minimum Gasteiger partial charge on any atom is -0.381 e. The Bertz CT molecular complexity index is 1230. The van der Waals surface area contributed by atoms with Crippen LogP contribution < -0.4 is 15.5 Å².